The van der Waals surface area contributed by atoms with E-state index in [1.807, 2.05) is 50.2 Å². The molecule has 0 aliphatic carbocycles. The number of nitrogens with one attached hydrogen (secondary N) is 3. The lowest BCUT2D eigenvalue weighted by Gasteiger charge is -2.33. The van der Waals surface area contributed by atoms with Crippen molar-refractivity contribution in [2.75, 3.05) is 26.3 Å². The summed E-state index contributed by atoms with van der Waals surface area (Å²) < 4.78 is 17.2. The SMILES string of the molecule is CC1(C)OCc2cc([C@H](O)CNCCCCCCOCCC#Cc3cccc(CN4C(=O)NC(NC(N)=O)C4=O)c3)ccc2O1. The number of hydrogen-bond donors (Lipinski definition) is 5. The zero-order chi connectivity index (χ0) is 32.2. The van der Waals surface area contributed by atoms with Crippen LogP contribution in [0.5, 0.6) is 5.75 Å². The van der Waals surface area contributed by atoms with Crippen LogP contribution in [0.2, 0.25) is 0 Å². The fraction of sp³-hybridized carbons (Fsp3) is 0.485. The van der Waals surface area contributed by atoms with Crippen LogP contribution in [0, 0.1) is 11.8 Å². The van der Waals surface area contributed by atoms with Crippen LogP contribution in [-0.2, 0) is 27.4 Å². The molecule has 12 nitrogen and oxygen atoms in total. The van der Waals surface area contributed by atoms with Gasteiger partial charge in [-0.1, -0.05) is 42.9 Å². The van der Waals surface area contributed by atoms with Gasteiger partial charge < -0.3 is 41.0 Å². The van der Waals surface area contributed by atoms with E-state index in [0.717, 1.165) is 65.1 Å². The molecular formula is C33H43N5O7. The first-order valence-electron chi connectivity index (χ1n) is 15.3. The van der Waals surface area contributed by atoms with E-state index in [2.05, 4.69) is 27.8 Å². The Morgan fingerprint density at radius 1 is 1.18 bits per heavy atom. The van der Waals surface area contributed by atoms with E-state index < -0.39 is 36.0 Å². The summed E-state index contributed by atoms with van der Waals surface area (Å²) in [5, 5.41) is 18.5. The number of benzene rings is 2. The summed E-state index contributed by atoms with van der Waals surface area (Å²) in [6.45, 7) is 6.85. The summed E-state index contributed by atoms with van der Waals surface area (Å²) in [7, 11) is 0. The highest BCUT2D eigenvalue weighted by molar-refractivity contribution is 6.05. The van der Waals surface area contributed by atoms with Crippen LogP contribution in [0.4, 0.5) is 9.59 Å². The molecular weight excluding hydrogens is 578 g/mol. The summed E-state index contributed by atoms with van der Waals surface area (Å²) in [5.41, 5.74) is 8.35. The van der Waals surface area contributed by atoms with Gasteiger partial charge in [0.05, 0.1) is 25.9 Å². The number of fused-ring (bicyclic) bond motifs is 1. The number of ether oxygens (including phenoxy) is 3. The Morgan fingerprint density at radius 2 is 2.00 bits per heavy atom. The lowest BCUT2D eigenvalue weighted by molar-refractivity contribution is -0.180. The second-order valence-corrected chi connectivity index (χ2v) is 11.5. The first-order chi connectivity index (χ1) is 21.6. The van der Waals surface area contributed by atoms with Gasteiger partial charge in [0, 0.05) is 44.5 Å². The van der Waals surface area contributed by atoms with Crippen LogP contribution >= 0.6 is 0 Å². The molecule has 0 saturated carbocycles. The van der Waals surface area contributed by atoms with Gasteiger partial charge >= 0.3 is 12.1 Å². The molecule has 0 bridgehead atoms. The van der Waals surface area contributed by atoms with Crippen molar-refractivity contribution >= 4 is 18.0 Å². The first-order valence-corrected chi connectivity index (χ1v) is 15.3. The highest BCUT2D eigenvalue weighted by atomic mass is 16.7. The Labute approximate surface area is 264 Å². The third-order valence-electron chi connectivity index (χ3n) is 7.31. The van der Waals surface area contributed by atoms with Crippen LogP contribution in [0.1, 0.15) is 74.3 Å². The predicted molar refractivity (Wildman–Crippen MR) is 167 cm³/mol. The fourth-order valence-corrected chi connectivity index (χ4v) is 4.96. The maximum Gasteiger partial charge on any atom is 0.326 e. The molecule has 12 heteroatoms. The van der Waals surface area contributed by atoms with Gasteiger partial charge in [-0.25, -0.2) is 9.59 Å². The zero-order valence-electron chi connectivity index (χ0n) is 25.9. The van der Waals surface area contributed by atoms with E-state index >= 15 is 0 Å². The van der Waals surface area contributed by atoms with E-state index in [4.69, 9.17) is 19.9 Å². The largest absolute Gasteiger partial charge is 0.463 e. The monoisotopic (exact) mass is 621 g/mol. The predicted octanol–water partition coefficient (Wildman–Crippen LogP) is 3.02. The average Bonchev–Trinajstić information content (AvgIpc) is 3.25. The number of carbonyl (C=O) groups excluding carboxylic acids is 3. The number of amides is 5. The Hall–Kier alpha value is -4.15. The smallest absolute Gasteiger partial charge is 0.326 e. The lowest BCUT2D eigenvalue weighted by atomic mass is 10.0. The maximum atomic E-state index is 12.4. The van der Waals surface area contributed by atoms with E-state index in [0.29, 0.717) is 32.8 Å². The highest BCUT2D eigenvalue weighted by Gasteiger charge is 2.38. The molecule has 2 atom stereocenters. The van der Waals surface area contributed by atoms with Gasteiger partial charge in [0.25, 0.3) is 5.91 Å². The standard InChI is InChI=1S/C33H43N5O7/c1-33(2)44-22-26-19-25(13-14-28(26)45-33)27(39)20-35-15-6-3-4-7-16-43-17-8-5-10-23-11-9-12-24(18-23)21-38-30(40)29(36-31(34)41)37-32(38)42/h9,11-14,18-19,27,29,35,39H,3-4,6-8,15-17,20-22H2,1-2H3,(H,37,42)(H3,34,36,41)/t27-,29?/m1/s1. The second kappa shape index (κ2) is 16.2. The Morgan fingerprint density at radius 3 is 2.82 bits per heavy atom. The minimum atomic E-state index is -1.16. The number of aliphatic hydroxyl groups is 1. The minimum Gasteiger partial charge on any atom is -0.463 e. The van der Waals surface area contributed by atoms with Crippen LogP contribution < -0.4 is 26.4 Å². The molecule has 2 aromatic carbocycles. The molecule has 2 aromatic rings. The molecule has 1 fully saturated rings. The van der Waals surface area contributed by atoms with E-state index in [1.54, 1.807) is 6.07 Å². The molecule has 45 heavy (non-hydrogen) atoms. The molecule has 2 aliphatic rings. The van der Waals surface area contributed by atoms with Crippen LogP contribution in [0.15, 0.2) is 42.5 Å². The van der Waals surface area contributed by atoms with Crippen molar-refractivity contribution in [1.82, 2.24) is 20.9 Å². The van der Waals surface area contributed by atoms with Crippen molar-refractivity contribution in [3.8, 4) is 17.6 Å². The van der Waals surface area contributed by atoms with Crippen LogP contribution in [0.25, 0.3) is 0 Å². The number of aliphatic hydroxyl groups excluding tert-OH is 1. The topological polar surface area (TPSA) is 164 Å². The number of hydrogen-bond acceptors (Lipinski definition) is 8. The zero-order valence-corrected chi connectivity index (χ0v) is 25.9. The summed E-state index contributed by atoms with van der Waals surface area (Å²) in [6, 6.07) is 11.5. The van der Waals surface area contributed by atoms with Crippen LogP contribution in [0.3, 0.4) is 0 Å². The quantitative estimate of drug-likeness (QED) is 0.115. The van der Waals surface area contributed by atoms with Gasteiger partial charge in [0.1, 0.15) is 5.75 Å². The fourth-order valence-electron chi connectivity index (χ4n) is 4.96. The van der Waals surface area contributed by atoms with Gasteiger partial charge in [-0.05, 0) is 54.8 Å². The number of primary amides is 1. The van der Waals surface area contributed by atoms with E-state index in [1.165, 1.54) is 0 Å². The molecule has 2 aliphatic heterocycles. The normalized spacial score (nSPS) is 17.5. The molecule has 0 radical (unpaired) electrons. The van der Waals surface area contributed by atoms with Gasteiger partial charge in [0.15, 0.2) is 6.17 Å². The Kier molecular flexibility index (Phi) is 12.2. The second-order valence-electron chi connectivity index (χ2n) is 11.5. The minimum absolute atomic E-state index is 0.0542. The number of unbranched alkanes of at least 4 members (excludes halogenated alkanes) is 3. The van der Waals surface area contributed by atoms with E-state index in [-0.39, 0.29) is 6.54 Å². The van der Waals surface area contributed by atoms with Gasteiger partial charge in [-0.3, -0.25) is 9.69 Å². The number of rotatable bonds is 15. The lowest BCUT2D eigenvalue weighted by Crippen LogP contribution is -2.48. The van der Waals surface area contributed by atoms with Crippen LogP contribution in [-0.4, -0.2) is 66.2 Å². The molecule has 0 spiro atoms. The number of urea groups is 2. The summed E-state index contributed by atoms with van der Waals surface area (Å²) in [5.74, 6) is 5.79. The molecule has 1 saturated heterocycles. The summed E-state index contributed by atoms with van der Waals surface area (Å²) in [6.07, 6.45) is 3.00. The molecule has 4 rings (SSSR count). The van der Waals surface area contributed by atoms with Crippen molar-refractivity contribution in [2.45, 2.75) is 77.2 Å². The third kappa shape index (κ3) is 10.5. The molecule has 2 heterocycles. The van der Waals surface area contributed by atoms with Crippen molar-refractivity contribution < 1.29 is 33.7 Å². The first kappa shape index (κ1) is 33.7. The molecule has 6 N–H and O–H groups in total. The number of nitrogens with zero attached hydrogens (tertiary/aromatic N) is 1. The number of carbonyl (C=O) groups is 3. The summed E-state index contributed by atoms with van der Waals surface area (Å²) >= 11 is 0. The molecule has 1 unspecified atom stereocenters. The van der Waals surface area contributed by atoms with Gasteiger partial charge in [-0.2, -0.15) is 0 Å². The van der Waals surface area contributed by atoms with E-state index in [9.17, 15) is 19.5 Å². The highest BCUT2D eigenvalue weighted by Crippen LogP contribution is 2.32. The van der Waals surface area contributed by atoms with Crippen molar-refractivity contribution in [3.63, 3.8) is 0 Å². The Bertz CT molecular complexity index is 1400. The van der Waals surface area contributed by atoms with Crippen molar-refractivity contribution in [2.24, 2.45) is 5.73 Å². The number of nitrogens with two attached hydrogens (primary N) is 1. The molecule has 5 amide bonds. The van der Waals surface area contributed by atoms with Crippen molar-refractivity contribution in [1.29, 1.82) is 0 Å². The third-order valence-corrected chi connectivity index (χ3v) is 7.31. The summed E-state index contributed by atoms with van der Waals surface area (Å²) in [4.78, 5) is 36.5. The van der Waals surface area contributed by atoms with Crippen molar-refractivity contribution in [3.05, 3.63) is 64.7 Å². The Balaban J connectivity index is 1.02. The average molecular weight is 622 g/mol. The number of imide groups is 1. The van der Waals surface area contributed by atoms with Gasteiger partial charge in [0.2, 0.25) is 5.79 Å². The molecule has 242 valence electrons. The van der Waals surface area contributed by atoms with Gasteiger partial charge in [-0.15, -0.1) is 0 Å². The maximum absolute atomic E-state index is 12.4. The molecule has 0 aromatic heterocycles.